The van der Waals surface area contributed by atoms with Crippen molar-refractivity contribution < 1.29 is 27.5 Å². The van der Waals surface area contributed by atoms with Crippen molar-refractivity contribution in [1.82, 2.24) is 0 Å². The average molecular weight is 309 g/mol. The molecule has 7 nitrogen and oxygen atoms in total. The van der Waals surface area contributed by atoms with Gasteiger partial charge in [0, 0.05) is 5.56 Å². The molecule has 0 atom stereocenters. The van der Waals surface area contributed by atoms with E-state index in [0.29, 0.717) is 5.56 Å². The highest BCUT2D eigenvalue weighted by molar-refractivity contribution is 7.90. The van der Waals surface area contributed by atoms with Gasteiger partial charge in [-0.3, -0.25) is 4.79 Å². The van der Waals surface area contributed by atoms with Crippen molar-refractivity contribution in [3.05, 3.63) is 53.3 Å². The van der Waals surface area contributed by atoms with Gasteiger partial charge in [-0.25, -0.2) is 13.2 Å². The number of hydrogen-bond acceptors (Lipinski definition) is 5. The third kappa shape index (κ3) is 3.29. The molecule has 1 aromatic heterocycles. The molecule has 1 amide bonds. The number of carboxylic acids is 1. The molecule has 0 spiro atoms. The second-order valence-corrected chi connectivity index (χ2v) is 6.17. The Bertz CT molecular complexity index is 806. The van der Waals surface area contributed by atoms with Crippen LogP contribution >= 0.6 is 0 Å². The van der Waals surface area contributed by atoms with Gasteiger partial charge in [-0.05, 0) is 29.8 Å². The van der Waals surface area contributed by atoms with Crippen LogP contribution in [0.4, 0.5) is 0 Å². The van der Waals surface area contributed by atoms with Crippen molar-refractivity contribution in [2.24, 2.45) is 5.73 Å². The quantitative estimate of drug-likeness (QED) is 0.849. The number of sulfone groups is 1. The van der Waals surface area contributed by atoms with E-state index in [4.69, 9.17) is 15.3 Å². The fourth-order valence-electron chi connectivity index (χ4n) is 1.71. The van der Waals surface area contributed by atoms with Crippen LogP contribution in [0.25, 0.3) is 0 Å². The summed E-state index contributed by atoms with van der Waals surface area (Å²) >= 11 is 0. The zero-order valence-corrected chi connectivity index (χ0v) is 11.5. The minimum absolute atomic E-state index is 0.188. The third-order valence-corrected chi connectivity index (χ3v) is 4.21. The smallest absolute Gasteiger partial charge is 0.371 e. The van der Waals surface area contributed by atoms with E-state index in [1.807, 2.05) is 0 Å². The number of amides is 1. The molecule has 2 rings (SSSR count). The predicted octanol–water partition coefficient (Wildman–Crippen LogP) is 1.05. The molecule has 0 aliphatic carbocycles. The molecule has 1 aromatic carbocycles. The van der Waals surface area contributed by atoms with Crippen LogP contribution in [-0.2, 0) is 15.6 Å². The minimum atomic E-state index is -3.85. The monoisotopic (exact) mass is 309 g/mol. The molecule has 2 aromatic rings. The lowest BCUT2D eigenvalue weighted by Gasteiger charge is -2.03. The van der Waals surface area contributed by atoms with Crippen LogP contribution < -0.4 is 5.73 Å². The number of primary amides is 1. The van der Waals surface area contributed by atoms with Gasteiger partial charge in [0.2, 0.25) is 26.6 Å². The minimum Gasteiger partial charge on any atom is -0.475 e. The molecule has 0 saturated heterocycles. The van der Waals surface area contributed by atoms with Crippen molar-refractivity contribution in [1.29, 1.82) is 0 Å². The Morgan fingerprint density at radius 1 is 1.19 bits per heavy atom. The molecule has 110 valence electrons. The van der Waals surface area contributed by atoms with E-state index in [0.717, 1.165) is 12.1 Å². The molecule has 0 aliphatic rings. The first-order valence-corrected chi connectivity index (χ1v) is 7.39. The van der Waals surface area contributed by atoms with E-state index in [1.54, 1.807) is 0 Å². The lowest BCUT2D eigenvalue weighted by molar-refractivity contribution is 0.0656. The number of carbonyl (C=O) groups excluding carboxylic acids is 1. The van der Waals surface area contributed by atoms with Gasteiger partial charge in [0.1, 0.15) is 0 Å². The predicted molar refractivity (Wildman–Crippen MR) is 71.5 cm³/mol. The average Bonchev–Trinajstić information content (AvgIpc) is 2.89. The molecule has 21 heavy (non-hydrogen) atoms. The fraction of sp³-hybridized carbons (Fsp3) is 0.0769. The molecule has 0 aliphatic heterocycles. The maximum Gasteiger partial charge on any atom is 0.371 e. The molecule has 0 unspecified atom stereocenters. The van der Waals surface area contributed by atoms with E-state index >= 15 is 0 Å². The molecule has 0 bridgehead atoms. The first-order chi connectivity index (χ1) is 9.79. The summed E-state index contributed by atoms with van der Waals surface area (Å²) < 4.78 is 29.0. The van der Waals surface area contributed by atoms with Crippen LogP contribution in [0.15, 0.2) is 45.9 Å². The second-order valence-electron chi connectivity index (χ2n) is 4.25. The van der Waals surface area contributed by atoms with E-state index in [1.165, 1.54) is 24.3 Å². The van der Waals surface area contributed by atoms with Crippen molar-refractivity contribution in [3.63, 3.8) is 0 Å². The van der Waals surface area contributed by atoms with Crippen molar-refractivity contribution >= 4 is 21.7 Å². The van der Waals surface area contributed by atoms with Gasteiger partial charge < -0.3 is 15.3 Å². The summed E-state index contributed by atoms with van der Waals surface area (Å²) in [5.74, 6) is -2.91. The largest absolute Gasteiger partial charge is 0.475 e. The first-order valence-electron chi connectivity index (χ1n) is 5.74. The van der Waals surface area contributed by atoms with Crippen LogP contribution in [0, 0.1) is 0 Å². The number of furan rings is 1. The van der Waals surface area contributed by atoms with Crippen LogP contribution in [0.2, 0.25) is 0 Å². The highest BCUT2D eigenvalue weighted by Crippen LogP contribution is 2.20. The summed E-state index contributed by atoms with van der Waals surface area (Å²) in [5, 5.41) is 8.27. The number of nitrogens with two attached hydrogens (primary N) is 1. The Morgan fingerprint density at radius 3 is 2.48 bits per heavy atom. The summed E-state index contributed by atoms with van der Waals surface area (Å²) in [4.78, 5) is 21.7. The van der Waals surface area contributed by atoms with E-state index in [2.05, 4.69) is 0 Å². The van der Waals surface area contributed by atoms with Crippen LogP contribution in [0.5, 0.6) is 0 Å². The second kappa shape index (κ2) is 5.41. The van der Waals surface area contributed by atoms with Crippen LogP contribution in [0.3, 0.4) is 0 Å². The first kappa shape index (κ1) is 14.8. The number of hydrogen-bond donors (Lipinski definition) is 2. The van der Waals surface area contributed by atoms with E-state index in [9.17, 15) is 18.0 Å². The Morgan fingerprint density at radius 2 is 1.90 bits per heavy atom. The van der Waals surface area contributed by atoms with Gasteiger partial charge in [-0.15, -0.1) is 0 Å². The highest BCUT2D eigenvalue weighted by Gasteiger charge is 2.22. The van der Waals surface area contributed by atoms with Gasteiger partial charge in [-0.2, -0.15) is 0 Å². The Balaban J connectivity index is 2.30. The normalized spacial score (nSPS) is 11.2. The summed E-state index contributed by atoms with van der Waals surface area (Å²) in [6, 6.07) is 8.00. The van der Waals surface area contributed by atoms with E-state index < -0.39 is 38.3 Å². The highest BCUT2D eigenvalue weighted by atomic mass is 32.2. The molecular formula is C13H11NO6S. The molecule has 0 radical (unpaired) electrons. The zero-order valence-electron chi connectivity index (χ0n) is 10.6. The number of carbonyl (C=O) groups is 2. The maximum absolute atomic E-state index is 12.1. The molecule has 1 heterocycles. The Hall–Kier alpha value is -2.61. The number of benzene rings is 1. The fourth-order valence-corrected chi connectivity index (χ4v) is 2.96. The third-order valence-electron chi connectivity index (χ3n) is 2.67. The van der Waals surface area contributed by atoms with Crippen molar-refractivity contribution in [3.8, 4) is 0 Å². The SMILES string of the molecule is NC(=O)c1cccc(CS(=O)(=O)c2ccc(C(=O)O)o2)c1. The summed E-state index contributed by atoms with van der Waals surface area (Å²) in [6.45, 7) is 0. The summed E-state index contributed by atoms with van der Waals surface area (Å²) in [5.41, 5.74) is 5.66. The van der Waals surface area contributed by atoms with Gasteiger partial charge in [-0.1, -0.05) is 12.1 Å². The maximum atomic E-state index is 12.1. The number of aromatic carboxylic acids is 1. The Kier molecular flexibility index (Phi) is 3.81. The zero-order chi connectivity index (χ0) is 15.6. The summed E-state index contributed by atoms with van der Waals surface area (Å²) in [6.07, 6.45) is 0. The van der Waals surface area contributed by atoms with Gasteiger partial charge in [0.05, 0.1) is 5.75 Å². The molecular weight excluding hydrogens is 298 g/mol. The number of carboxylic acid groups (broad SMARTS) is 1. The molecule has 0 fully saturated rings. The topological polar surface area (TPSA) is 128 Å². The van der Waals surface area contributed by atoms with Gasteiger partial charge >= 0.3 is 5.97 Å². The Labute approximate surface area is 119 Å². The van der Waals surface area contributed by atoms with Crippen molar-refractivity contribution in [2.45, 2.75) is 10.8 Å². The van der Waals surface area contributed by atoms with E-state index in [-0.39, 0.29) is 5.56 Å². The van der Waals surface area contributed by atoms with Crippen LogP contribution in [0.1, 0.15) is 26.5 Å². The summed E-state index contributed by atoms with van der Waals surface area (Å²) in [7, 11) is -3.85. The lowest BCUT2D eigenvalue weighted by atomic mass is 10.1. The molecule has 3 N–H and O–H groups in total. The number of rotatable bonds is 5. The van der Waals surface area contributed by atoms with Gasteiger partial charge in [0.25, 0.3) is 0 Å². The molecule has 8 heteroatoms. The standard InChI is InChI=1S/C13H11NO6S/c14-12(15)9-3-1-2-8(6-9)7-21(18,19)11-5-4-10(20-11)13(16)17/h1-6H,7H2,(H2,14,15)(H,16,17). The van der Waals surface area contributed by atoms with Gasteiger partial charge in [0.15, 0.2) is 0 Å². The lowest BCUT2D eigenvalue weighted by Crippen LogP contribution is -2.12. The van der Waals surface area contributed by atoms with Crippen molar-refractivity contribution in [2.75, 3.05) is 0 Å². The van der Waals surface area contributed by atoms with Crippen LogP contribution in [-0.4, -0.2) is 25.4 Å². The molecule has 0 saturated carbocycles.